The largest absolute Gasteiger partial charge is 0.306 e. The number of aromatic amines is 1. The monoisotopic (exact) mass is 481 g/mol. The second-order valence-electron chi connectivity index (χ2n) is 8.19. The van der Waals surface area contributed by atoms with Crippen molar-refractivity contribution in [2.45, 2.75) is 20.3 Å². The van der Waals surface area contributed by atoms with Gasteiger partial charge in [0, 0.05) is 23.6 Å². The Morgan fingerprint density at radius 2 is 1.80 bits per heavy atom. The van der Waals surface area contributed by atoms with Crippen LogP contribution >= 0.6 is 11.3 Å². The first-order valence-corrected chi connectivity index (χ1v) is 12.0. The first-order valence-electron chi connectivity index (χ1n) is 11.1. The Kier molecular flexibility index (Phi) is 6.12. The molecule has 0 bridgehead atoms. The Labute approximate surface area is 206 Å². The Bertz CT molecular complexity index is 1550. The van der Waals surface area contributed by atoms with Gasteiger partial charge >= 0.3 is 0 Å². The van der Waals surface area contributed by atoms with E-state index < -0.39 is 0 Å². The van der Waals surface area contributed by atoms with Gasteiger partial charge in [0.05, 0.1) is 10.6 Å². The molecule has 0 unspecified atom stereocenters. The Morgan fingerprint density at radius 1 is 1.03 bits per heavy atom. The second-order valence-corrected chi connectivity index (χ2v) is 9.14. The molecule has 2 N–H and O–H groups in total. The lowest BCUT2D eigenvalue weighted by Gasteiger charge is -2.11. The fourth-order valence-corrected chi connectivity index (χ4v) is 4.57. The van der Waals surface area contributed by atoms with Crippen LogP contribution in [0.15, 0.2) is 83.0 Å². The molecule has 3 heterocycles. The van der Waals surface area contributed by atoms with Gasteiger partial charge in [0.25, 0.3) is 11.5 Å². The number of aromatic nitrogens is 4. The van der Waals surface area contributed by atoms with Gasteiger partial charge in [-0.1, -0.05) is 54.6 Å². The molecule has 0 spiro atoms. The first kappa shape index (κ1) is 22.5. The lowest BCUT2D eigenvalue weighted by Crippen LogP contribution is -2.22. The molecular weight excluding hydrogens is 458 g/mol. The van der Waals surface area contributed by atoms with E-state index >= 15 is 0 Å². The molecule has 5 aromatic rings. The number of nitrogens with one attached hydrogen (secondary N) is 2. The normalized spacial score (nSPS) is 10.9. The number of carbonyl (C=O) groups is 1. The van der Waals surface area contributed by atoms with Crippen molar-refractivity contribution in [3.63, 3.8) is 0 Å². The smallest absolute Gasteiger partial charge is 0.257 e. The summed E-state index contributed by atoms with van der Waals surface area (Å²) in [5.41, 5.74) is 4.10. The third-order valence-electron chi connectivity index (χ3n) is 5.75. The topological polar surface area (TPSA) is 92.7 Å². The third kappa shape index (κ3) is 4.69. The minimum atomic E-state index is -0.262. The zero-order valence-electron chi connectivity index (χ0n) is 19.3. The number of aryl methyl sites for hydroxylation is 2. The summed E-state index contributed by atoms with van der Waals surface area (Å²) in [7, 11) is 0. The maximum absolute atomic E-state index is 13.1. The molecule has 3 aromatic heterocycles. The average Bonchev–Trinajstić information content (AvgIpc) is 3.52. The molecule has 0 saturated carbocycles. The summed E-state index contributed by atoms with van der Waals surface area (Å²) in [4.78, 5) is 34.6. The molecule has 0 saturated heterocycles. The van der Waals surface area contributed by atoms with E-state index in [2.05, 4.69) is 20.4 Å². The predicted octanol–water partition coefficient (Wildman–Crippen LogP) is 5.14. The molecule has 0 aliphatic rings. The number of carbonyl (C=O) groups excluding carboxylic acids is 1. The molecule has 0 fully saturated rings. The summed E-state index contributed by atoms with van der Waals surface area (Å²) < 4.78 is 1.48. The number of anilines is 1. The van der Waals surface area contributed by atoms with E-state index in [9.17, 15) is 9.59 Å². The highest BCUT2D eigenvalue weighted by atomic mass is 32.1. The van der Waals surface area contributed by atoms with Crippen LogP contribution < -0.4 is 10.9 Å². The fraction of sp³-hybridized carbons (Fsp3) is 0.111. The molecular formula is C27H23N5O2S. The average molecular weight is 482 g/mol. The number of hydrogen-bond donors (Lipinski definition) is 2. The molecule has 5 rings (SSSR count). The maximum Gasteiger partial charge on any atom is 0.257 e. The van der Waals surface area contributed by atoms with E-state index in [1.165, 1.54) is 4.68 Å². The van der Waals surface area contributed by atoms with Crippen LogP contribution in [0.2, 0.25) is 0 Å². The SMILES string of the molecule is Cc1ccccc1C(=O)Nc1cc(-c2cccs2)nn1-c1nc(C)c(Cc2ccccc2)c(=O)[nH]1. The number of nitrogens with zero attached hydrogens (tertiary/aromatic N) is 3. The molecule has 174 valence electrons. The standard InChI is InChI=1S/C27H23N5O2S/c1-17-9-6-7-12-20(17)25(33)29-24-16-22(23-13-8-14-35-23)31-32(24)27-28-18(2)21(26(34)30-27)15-19-10-4-3-5-11-19/h3-14,16H,15H2,1-2H3,(H,29,33)(H,28,30,34). The molecule has 1 amide bonds. The number of H-pyrrole nitrogens is 1. The van der Waals surface area contributed by atoms with Gasteiger partial charge in [0.2, 0.25) is 5.95 Å². The third-order valence-corrected chi connectivity index (χ3v) is 6.64. The van der Waals surface area contributed by atoms with Crippen LogP contribution in [-0.2, 0) is 6.42 Å². The van der Waals surface area contributed by atoms with Crippen molar-refractivity contribution in [3.8, 4) is 16.5 Å². The number of amides is 1. The van der Waals surface area contributed by atoms with E-state index in [0.717, 1.165) is 16.0 Å². The quantitative estimate of drug-likeness (QED) is 0.351. The summed E-state index contributed by atoms with van der Waals surface area (Å²) in [6.45, 7) is 3.70. The van der Waals surface area contributed by atoms with Crippen molar-refractivity contribution in [1.29, 1.82) is 0 Å². The summed E-state index contributed by atoms with van der Waals surface area (Å²) in [6, 6.07) is 22.8. The fourth-order valence-electron chi connectivity index (χ4n) is 3.89. The number of hydrogen-bond acceptors (Lipinski definition) is 5. The molecule has 35 heavy (non-hydrogen) atoms. The van der Waals surface area contributed by atoms with Gasteiger partial charge in [-0.05, 0) is 42.5 Å². The maximum atomic E-state index is 13.1. The van der Waals surface area contributed by atoms with E-state index in [4.69, 9.17) is 0 Å². The Hall–Kier alpha value is -4.30. The molecule has 0 aliphatic heterocycles. The predicted molar refractivity (Wildman–Crippen MR) is 138 cm³/mol. The van der Waals surface area contributed by atoms with E-state index in [0.29, 0.717) is 34.8 Å². The van der Waals surface area contributed by atoms with E-state index in [1.54, 1.807) is 23.5 Å². The zero-order chi connectivity index (χ0) is 24.4. The van der Waals surface area contributed by atoms with Crippen molar-refractivity contribution in [2.24, 2.45) is 0 Å². The number of thiophene rings is 1. The molecule has 0 radical (unpaired) electrons. The summed E-state index contributed by atoms with van der Waals surface area (Å²) in [6.07, 6.45) is 0.478. The van der Waals surface area contributed by atoms with Gasteiger partial charge in [-0.15, -0.1) is 11.3 Å². The lowest BCUT2D eigenvalue weighted by molar-refractivity contribution is 0.102. The van der Waals surface area contributed by atoms with Crippen LogP contribution in [0.25, 0.3) is 16.5 Å². The zero-order valence-corrected chi connectivity index (χ0v) is 20.1. The summed E-state index contributed by atoms with van der Waals surface area (Å²) in [5, 5.41) is 9.57. The molecule has 8 heteroatoms. The molecule has 7 nitrogen and oxygen atoms in total. The summed E-state index contributed by atoms with van der Waals surface area (Å²) >= 11 is 1.54. The Balaban J connectivity index is 1.55. The van der Waals surface area contributed by atoms with Crippen LogP contribution in [0, 0.1) is 13.8 Å². The van der Waals surface area contributed by atoms with Crippen LogP contribution in [0.1, 0.15) is 32.7 Å². The molecule has 0 aliphatic carbocycles. The van der Waals surface area contributed by atoms with E-state index in [1.807, 2.05) is 79.9 Å². The van der Waals surface area contributed by atoms with Crippen LogP contribution in [0.4, 0.5) is 5.82 Å². The van der Waals surface area contributed by atoms with Gasteiger partial charge in [-0.2, -0.15) is 9.78 Å². The van der Waals surface area contributed by atoms with Gasteiger partial charge < -0.3 is 5.32 Å². The van der Waals surface area contributed by atoms with Crippen molar-refractivity contribution in [2.75, 3.05) is 5.32 Å². The highest BCUT2D eigenvalue weighted by Gasteiger charge is 2.19. The highest BCUT2D eigenvalue weighted by molar-refractivity contribution is 7.13. The van der Waals surface area contributed by atoms with Crippen molar-refractivity contribution in [1.82, 2.24) is 19.7 Å². The van der Waals surface area contributed by atoms with E-state index in [-0.39, 0.29) is 17.4 Å². The van der Waals surface area contributed by atoms with Gasteiger partial charge in [0.1, 0.15) is 11.5 Å². The second kappa shape index (κ2) is 9.52. The van der Waals surface area contributed by atoms with Crippen LogP contribution in [0.3, 0.4) is 0 Å². The van der Waals surface area contributed by atoms with Crippen LogP contribution in [0.5, 0.6) is 0 Å². The van der Waals surface area contributed by atoms with Crippen LogP contribution in [-0.4, -0.2) is 25.7 Å². The van der Waals surface area contributed by atoms with Crippen molar-refractivity contribution >= 4 is 23.1 Å². The van der Waals surface area contributed by atoms with Crippen molar-refractivity contribution in [3.05, 3.63) is 116 Å². The number of rotatable bonds is 6. The number of benzene rings is 2. The van der Waals surface area contributed by atoms with Gasteiger partial charge in [-0.3, -0.25) is 14.6 Å². The first-order chi connectivity index (χ1) is 17.0. The van der Waals surface area contributed by atoms with Crippen molar-refractivity contribution < 1.29 is 4.79 Å². The molecule has 2 aromatic carbocycles. The molecule has 0 atom stereocenters. The van der Waals surface area contributed by atoms with Gasteiger partial charge in [0.15, 0.2) is 0 Å². The Morgan fingerprint density at radius 3 is 2.51 bits per heavy atom. The highest BCUT2D eigenvalue weighted by Crippen LogP contribution is 2.28. The van der Waals surface area contributed by atoms with Gasteiger partial charge in [-0.25, -0.2) is 4.98 Å². The minimum absolute atomic E-state index is 0.235. The lowest BCUT2D eigenvalue weighted by atomic mass is 10.1. The minimum Gasteiger partial charge on any atom is -0.306 e. The summed E-state index contributed by atoms with van der Waals surface area (Å²) in [5.74, 6) is 0.397.